The van der Waals surface area contributed by atoms with Gasteiger partial charge in [-0.25, -0.2) is 13.2 Å². The maximum atomic E-state index is 11.4. The van der Waals surface area contributed by atoms with E-state index in [-0.39, 0.29) is 5.88 Å². The van der Waals surface area contributed by atoms with Crippen molar-refractivity contribution in [2.45, 2.75) is 0 Å². The Labute approximate surface area is 142 Å². The first kappa shape index (κ1) is 16.6. The monoisotopic (exact) mass is 362 g/mol. The molecular formula is C15H14N4O5S. The molecule has 0 amide bonds. The number of rotatable bonds is 5. The molecule has 0 bridgehead atoms. The van der Waals surface area contributed by atoms with Crippen molar-refractivity contribution in [1.29, 1.82) is 0 Å². The molecule has 2 heterocycles. The highest BCUT2D eigenvalue weighted by Gasteiger charge is 2.06. The van der Waals surface area contributed by atoms with Gasteiger partial charge >= 0.3 is 5.69 Å². The molecule has 9 nitrogen and oxygen atoms in total. The van der Waals surface area contributed by atoms with Gasteiger partial charge in [-0.1, -0.05) is 0 Å². The number of nitrogens with one attached hydrogen (secondary N) is 2. The summed E-state index contributed by atoms with van der Waals surface area (Å²) in [6.07, 6.45) is 3.54. The molecule has 0 aliphatic heterocycles. The molecule has 1 aromatic carbocycles. The molecule has 130 valence electrons. The van der Waals surface area contributed by atoms with Crippen LogP contribution in [-0.4, -0.2) is 35.7 Å². The molecular weight excluding hydrogens is 348 g/mol. The van der Waals surface area contributed by atoms with E-state index in [1.807, 2.05) is 0 Å². The summed E-state index contributed by atoms with van der Waals surface area (Å²) in [6, 6.07) is 10.0. The normalized spacial score (nSPS) is 11.9. The fourth-order valence-electron chi connectivity index (χ4n) is 2.07. The minimum Gasteiger partial charge on any atom is -0.493 e. The number of aromatic hydroxyl groups is 1. The van der Waals surface area contributed by atoms with Crippen molar-refractivity contribution < 1.29 is 17.9 Å². The number of aromatic amines is 1. The van der Waals surface area contributed by atoms with E-state index in [0.29, 0.717) is 17.2 Å². The first-order chi connectivity index (χ1) is 11.8. The standard InChI is InChI=1S/C15H14N4O5S/c1-25(22,23)18-11-4-2-10(3-5-11)13-7-6-12(24-13)8-16-19-9-14(20)17-15(19)21/h2-9,18,20H,1H3,(H,17,21). The van der Waals surface area contributed by atoms with E-state index in [4.69, 9.17) is 9.52 Å². The van der Waals surface area contributed by atoms with E-state index in [1.54, 1.807) is 36.4 Å². The summed E-state index contributed by atoms with van der Waals surface area (Å²) in [5.74, 6) is 0.669. The summed E-state index contributed by atoms with van der Waals surface area (Å²) < 4.78 is 31.3. The molecule has 10 heteroatoms. The summed E-state index contributed by atoms with van der Waals surface area (Å²) >= 11 is 0. The Balaban J connectivity index is 1.77. The average molecular weight is 362 g/mol. The molecule has 0 atom stereocenters. The Morgan fingerprint density at radius 2 is 1.96 bits per heavy atom. The maximum Gasteiger partial charge on any atom is 0.349 e. The molecule has 3 N–H and O–H groups in total. The number of nitrogens with zero attached hydrogens (tertiary/aromatic N) is 2. The summed E-state index contributed by atoms with van der Waals surface area (Å²) in [6.45, 7) is 0. The van der Waals surface area contributed by atoms with Crippen LogP contribution in [0.3, 0.4) is 0 Å². The van der Waals surface area contributed by atoms with Gasteiger partial charge in [0.1, 0.15) is 11.5 Å². The molecule has 0 fully saturated rings. The summed E-state index contributed by atoms with van der Waals surface area (Å²) in [5.41, 5.74) is 0.621. The summed E-state index contributed by atoms with van der Waals surface area (Å²) in [5, 5.41) is 13.0. The van der Waals surface area contributed by atoms with Gasteiger partial charge in [-0.15, -0.1) is 0 Å². The number of aromatic nitrogens is 2. The highest BCUT2D eigenvalue weighted by molar-refractivity contribution is 7.92. The van der Waals surface area contributed by atoms with Crippen molar-refractivity contribution in [1.82, 2.24) is 9.66 Å². The third-order valence-electron chi connectivity index (χ3n) is 3.10. The SMILES string of the molecule is CS(=O)(=O)Nc1ccc(-c2ccc(C=Nn3cc(O)[nH]c3=O)o2)cc1. The zero-order valence-electron chi connectivity index (χ0n) is 13.0. The van der Waals surface area contributed by atoms with Crippen molar-refractivity contribution in [3.8, 4) is 17.2 Å². The van der Waals surface area contributed by atoms with Crippen LogP contribution >= 0.6 is 0 Å². The average Bonchev–Trinajstić information content (AvgIpc) is 3.11. The van der Waals surface area contributed by atoms with E-state index in [2.05, 4.69) is 14.8 Å². The second kappa shape index (κ2) is 6.32. The van der Waals surface area contributed by atoms with Gasteiger partial charge in [0.25, 0.3) is 0 Å². The quantitative estimate of drug-likeness (QED) is 0.591. The number of hydrogen-bond acceptors (Lipinski definition) is 6. The highest BCUT2D eigenvalue weighted by atomic mass is 32.2. The lowest BCUT2D eigenvalue weighted by atomic mass is 10.1. The largest absolute Gasteiger partial charge is 0.493 e. The van der Waals surface area contributed by atoms with Gasteiger partial charge in [0, 0.05) is 11.3 Å². The van der Waals surface area contributed by atoms with E-state index in [1.165, 1.54) is 6.21 Å². The lowest BCUT2D eigenvalue weighted by Crippen LogP contribution is -2.11. The Morgan fingerprint density at radius 3 is 2.56 bits per heavy atom. The van der Waals surface area contributed by atoms with Gasteiger partial charge in [0.15, 0.2) is 0 Å². The van der Waals surface area contributed by atoms with Crippen molar-refractivity contribution in [2.24, 2.45) is 5.10 Å². The van der Waals surface area contributed by atoms with Crippen molar-refractivity contribution in [2.75, 3.05) is 11.0 Å². The molecule has 3 rings (SSSR count). The van der Waals surface area contributed by atoms with Crippen LogP contribution in [0, 0.1) is 0 Å². The minimum absolute atomic E-state index is 0.287. The Kier molecular flexibility index (Phi) is 4.19. The zero-order valence-corrected chi connectivity index (χ0v) is 13.8. The fraction of sp³-hybridized carbons (Fsp3) is 0.0667. The lowest BCUT2D eigenvalue weighted by Gasteiger charge is -2.04. The van der Waals surface area contributed by atoms with Gasteiger partial charge in [0.2, 0.25) is 15.9 Å². The molecule has 0 saturated carbocycles. The lowest BCUT2D eigenvalue weighted by molar-refractivity contribution is 0.455. The van der Waals surface area contributed by atoms with Gasteiger partial charge in [-0.05, 0) is 36.4 Å². The van der Waals surface area contributed by atoms with Crippen LogP contribution in [0.15, 0.2) is 56.9 Å². The number of sulfonamides is 1. The summed E-state index contributed by atoms with van der Waals surface area (Å²) in [7, 11) is -3.33. The molecule has 0 aliphatic rings. The van der Waals surface area contributed by atoms with E-state index < -0.39 is 15.7 Å². The van der Waals surface area contributed by atoms with Crippen molar-refractivity contribution in [3.63, 3.8) is 0 Å². The van der Waals surface area contributed by atoms with Crippen LogP contribution in [0.5, 0.6) is 5.88 Å². The molecule has 0 unspecified atom stereocenters. The van der Waals surface area contributed by atoms with Crippen molar-refractivity contribution >= 4 is 21.9 Å². The molecule has 3 aromatic rings. The Hall–Kier alpha value is -3.27. The van der Waals surface area contributed by atoms with Crippen molar-refractivity contribution in [3.05, 3.63) is 58.8 Å². The van der Waals surface area contributed by atoms with Gasteiger partial charge < -0.3 is 9.52 Å². The Bertz CT molecular complexity index is 1070. The van der Waals surface area contributed by atoms with Gasteiger partial charge in [-0.2, -0.15) is 9.78 Å². The topological polar surface area (TPSA) is 130 Å². The maximum absolute atomic E-state index is 11.4. The number of furan rings is 1. The summed E-state index contributed by atoms with van der Waals surface area (Å²) in [4.78, 5) is 13.5. The number of hydrogen-bond donors (Lipinski definition) is 3. The molecule has 0 aliphatic carbocycles. The first-order valence-electron chi connectivity index (χ1n) is 7.03. The van der Waals surface area contributed by atoms with Crippen LogP contribution < -0.4 is 10.4 Å². The van der Waals surface area contributed by atoms with Crippen LogP contribution in [0.1, 0.15) is 5.76 Å². The highest BCUT2D eigenvalue weighted by Crippen LogP contribution is 2.23. The van der Waals surface area contributed by atoms with Gasteiger partial charge in [-0.3, -0.25) is 9.71 Å². The van der Waals surface area contributed by atoms with Gasteiger partial charge in [0.05, 0.1) is 18.7 Å². The molecule has 0 saturated heterocycles. The van der Waals surface area contributed by atoms with E-state index in [9.17, 15) is 13.2 Å². The number of benzene rings is 1. The molecule has 2 aromatic heterocycles. The van der Waals surface area contributed by atoms with E-state index >= 15 is 0 Å². The Morgan fingerprint density at radius 1 is 1.24 bits per heavy atom. The fourth-order valence-corrected chi connectivity index (χ4v) is 2.64. The molecule has 0 spiro atoms. The predicted molar refractivity (Wildman–Crippen MR) is 92.3 cm³/mol. The van der Waals surface area contributed by atoms with E-state index in [0.717, 1.165) is 22.7 Å². The number of H-pyrrole nitrogens is 1. The second-order valence-corrected chi connectivity index (χ2v) is 6.94. The molecule has 25 heavy (non-hydrogen) atoms. The molecule has 0 radical (unpaired) electrons. The predicted octanol–water partition coefficient (Wildman–Crippen LogP) is 1.40. The second-order valence-electron chi connectivity index (χ2n) is 5.19. The van der Waals surface area contributed by atoms with Crippen LogP contribution in [0.2, 0.25) is 0 Å². The third kappa shape index (κ3) is 4.18. The van der Waals surface area contributed by atoms with Crippen LogP contribution in [-0.2, 0) is 10.0 Å². The number of anilines is 1. The first-order valence-corrected chi connectivity index (χ1v) is 8.92. The van der Waals surface area contributed by atoms with Crippen LogP contribution in [0.4, 0.5) is 5.69 Å². The minimum atomic E-state index is -3.33. The number of imidazole rings is 1. The third-order valence-corrected chi connectivity index (χ3v) is 3.70. The van der Waals surface area contributed by atoms with Crippen LogP contribution in [0.25, 0.3) is 11.3 Å². The zero-order chi connectivity index (χ0) is 18.0. The smallest absolute Gasteiger partial charge is 0.349 e.